The maximum Gasteiger partial charge on any atom is 0.251 e. The van der Waals surface area contributed by atoms with E-state index in [-0.39, 0.29) is 17.3 Å². The quantitative estimate of drug-likeness (QED) is 0.855. The van der Waals surface area contributed by atoms with Crippen LogP contribution in [0.25, 0.3) is 0 Å². The molecular weight excluding hydrogens is 362 g/mol. The number of rotatable bonds is 5. The van der Waals surface area contributed by atoms with Gasteiger partial charge < -0.3 is 5.32 Å². The molecule has 3 rings (SSSR count). The maximum atomic E-state index is 13.0. The molecule has 2 atom stereocenters. The van der Waals surface area contributed by atoms with Crippen molar-refractivity contribution in [3.8, 4) is 0 Å². The summed E-state index contributed by atoms with van der Waals surface area (Å²) in [7, 11) is -3.61. The van der Waals surface area contributed by atoms with Crippen molar-refractivity contribution in [1.82, 2.24) is 14.6 Å². The average Bonchev–Trinajstić information content (AvgIpc) is 2.66. The Labute approximate surface area is 160 Å². The molecule has 2 unspecified atom stereocenters. The third kappa shape index (κ3) is 4.73. The van der Waals surface area contributed by atoms with Crippen molar-refractivity contribution in [2.75, 3.05) is 13.1 Å². The Kier molecular flexibility index (Phi) is 5.92. The lowest BCUT2D eigenvalue weighted by Crippen LogP contribution is -2.42. The second kappa shape index (κ2) is 8.19. The number of nitrogens with one attached hydrogen (secondary N) is 1. The second-order valence-corrected chi connectivity index (χ2v) is 9.24. The molecule has 1 aliphatic rings. The first-order chi connectivity index (χ1) is 12.9. The van der Waals surface area contributed by atoms with Crippen molar-refractivity contribution in [2.45, 2.75) is 31.7 Å². The molecule has 6 nitrogen and oxygen atoms in total. The standard InChI is InChI=1S/C20H25N3O3S/c1-15-10-16(2)14-23(13-15)27(25,26)19-8-5-6-17(11-19)20(24)22-12-18-7-3-4-9-21-18/h3-9,11,15-16H,10,12-14H2,1-2H3,(H,22,24). The summed E-state index contributed by atoms with van der Waals surface area (Å²) in [5, 5.41) is 2.78. The average molecular weight is 388 g/mol. The van der Waals surface area contributed by atoms with E-state index in [0.29, 0.717) is 30.5 Å². The van der Waals surface area contributed by atoms with E-state index in [1.165, 1.54) is 10.4 Å². The van der Waals surface area contributed by atoms with E-state index in [9.17, 15) is 13.2 Å². The van der Waals surface area contributed by atoms with Crippen LogP contribution < -0.4 is 5.32 Å². The highest BCUT2D eigenvalue weighted by molar-refractivity contribution is 7.89. The fourth-order valence-electron chi connectivity index (χ4n) is 3.52. The Balaban J connectivity index is 1.75. The number of pyridine rings is 1. The smallest absolute Gasteiger partial charge is 0.251 e. The molecule has 1 aliphatic heterocycles. The van der Waals surface area contributed by atoms with Crippen LogP contribution in [0.15, 0.2) is 53.6 Å². The molecule has 1 amide bonds. The highest BCUT2D eigenvalue weighted by Crippen LogP contribution is 2.27. The Morgan fingerprint density at radius 3 is 2.56 bits per heavy atom. The molecule has 0 radical (unpaired) electrons. The zero-order valence-corrected chi connectivity index (χ0v) is 16.4. The van der Waals surface area contributed by atoms with Crippen LogP contribution in [0.1, 0.15) is 36.3 Å². The lowest BCUT2D eigenvalue weighted by Gasteiger charge is -2.34. The van der Waals surface area contributed by atoms with Gasteiger partial charge in [0.2, 0.25) is 10.0 Å². The van der Waals surface area contributed by atoms with Gasteiger partial charge in [-0.05, 0) is 48.6 Å². The summed E-state index contributed by atoms with van der Waals surface area (Å²) in [5.41, 5.74) is 1.07. The number of amides is 1. The van der Waals surface area contributed by atoms with Crippen LogP contribution in [0.5, 0.6) is 0 Å². The number of carbonyl (C=O) groups excluding carboxylic acids is 1. The number of hydrogen-bond acceptors (Lipinski definition) is 4. The molecule has 2 heterocycles. The molecule has 2 aromatic rings. The van der Waals surface area contributed by atoms with Crippen LogP contribution in [-0.2, 0) is 16.6 Å². The summed E-state index contributed by atoms with van der Waals surface area (Å²) < 4.78 is 27.6. The predicted octanol–water partition coefficient (Wildman–Crippen LogP) is 2.68. The van der Waals surface area contributed by atoms with Gasteiger partial charge in [0.15, 0.2) is 0 Å². The van der Waals surface area contributed by atoms with Gasteiger partial charge in [-0.2, -0.15) is 4.31 Å². The van der Waals surface area contributed by atoms with Gasteiger partial charge in [-0.3, -0.25) is 9.78 Å². The molecule has 1 aromatic carbocycles. The van der Waals surface area contributed by atoms with Crippen molar-refractivity contribution >= 4 is 15.9 Å². The summed E-state index contributed by atoms with van der Waals surface area (Å²) >= 11 is 0. The molecule has 1 aromatic heterocycles. The van der Waals surface area contributed by atoms with Crippen LogP contribution in [0, 0.1) is 11.8 Å². The van der Waals surface area contributed by atoms with Gasteiger partial charge in [-0.15, -0.1) is 0 Å². The van der Waals surface area contributed by atoms with Gasteiger partial charge in [0.05, 0.1) is 17.1 Å². The van der Waals surface area contributed by atoms with Gasteiger partial charge in [0.25, 0.3) is 5.91 Å². The highest BCUT2D eigenvalue weighted by Gasteiger charge is 2.31. The number of aromatic nitrogens is 1. The molecule has 0 spiro atoms. The Hall–Kier alpha value is -2.25. The number of piperidine rings is 1. The summed E-state index contributed by atoms with van der Waals surface area (Å²) in [6, 6.07) is 11.7. The van der Waals surface area contributed by atoms with Crippen molar-refractivity contribution in [3.63, 3.8) is 0 Å². The van der Waals surface area contributed by atoms with E-state index in [1.807, 2.05) is 18.2 Å². The topological polar surface area (TPSA) is 79.4 Å². The fourth-order valence-corrected chi connectivity index (χ4v) is 5.25. The van der Waals surface area contributed by atoms with E-state index in [1.54, 1.807) is 24.4 Å². The van der Waals surface area contributed by atoms with Crippen molar-refractivity contribution < 1.29 is 13.2 Å². The Bertz CT molecular complexity index is 890. The predicted molar refractivity (Wildman–Crippen MR) is 104 cm³/mol. The number of benzene rings is 1. The minimum atomic E-state index is -3.61. The number of nitrogens with zero attached hydrogens (tertiary/aromatic N) is 2. The van der Waals surface area contributed by atoms with E-state index in [4.69, 9.17) is 0 Å². The van der Waals surface area contributed by atoms with Crippen LogP contribution in [-0.4, -0.2) is 36.7 Å². The monoisotopic (exact) mass is 387 g/mol. The van der Waals surface area contributed by atoms with Crippen molar-refractivity contribution in [2.24, 2.45) is 11.8 Å². The van der Waals surface area contributed by atoms with Crippen LogP contribution >= 0.6 is 0 Å². The van der Waals surface area contributed by atoms with Crippen LogP contribution in [0.2, 0.25) is 0 Å². The lowest BCUT2D eigenvalue weighted by molar-refractivity contribution is 0.0950. The fraction of sp³-hybridized carbons (Fsp3) is 0.400. The summed E-state index contributed by atoms with van der Waals surface area (Å²) in [4.78, 5) is 16.8. The number of sulfonamides is 1. The van der Waals surface area contributed by atoms with Gasteiger partial charge in [0.1, 0.15) is 0 Å². The molecule has 1 saturated heterocycles. The van der Waals surface area contributed by atoms with Crippen molar-refractivity contribution in [1.29, 1.82) is 0 Å². The van der Waals surface area contributed by atoms with Gasteiger partial charge in [-0.1, -0.05) is 26.0 Å². The van der Waals surface area contributed by atoms with Crippen molar-refractivity contribution in [3.05, 3.63) is 59.9 Å². The van der Waals surface area contributed by atoms with E-state index in [0.717, 1.165) is 12.1 Å². The molecule has 0 aliphatic carbocycles. The zero-order chi connectivity index (χ0) is 19.4. The van der Waals surface area contributed by atoms with Crippen LogP contribution in [0.3, 0.4) is 0 Å². The molecule has 0 bridgehead atoms. The van der Waals surface area contributed by atoms with Crippen LogP contribution in [0.4, 0.5) is 0 Å². The first-order valence-electron chi connectivity index (χ1n) is 9.14. The third-order valence-electron chi connectivity index (χ3n) is 4.73. The summed E-state index contributed by atoms with van der Waals surface area (Å²) in [6.45, 7) is 5.46. The van der Waals surface area contributed by atoms with Gasteiger partial charge >= 0.3 is 0 Å². The first kappa shape index (κ1) is 19.5. The number of carbonyl (C=O) groups is 1. The van der Waals surface area contributed by atoms with E-state index >= 15 is 0 Å². The second-order valence-electron chi connectivity index (χ2n) is 7.30. The zero-order valence-electron chi connectivity index (χ0n) is 15.6. The molecule has 27 heavy (non-hydrogen) atoms. The van der Waals surface area contributed by atoms with Gasteiger partial charge in [0, 0.05) is 24.8 Å². The summed E-state index contributed by atoms with van der Waals surface area (Å²) in [5.74, 6) is 0.333. The van der Waals surface area contributed by atoms with Gasteiger partial charge in [-0.25, -0.2) is 8.42 Å². The number of hydrogen-bond donors (Lipinski definition) is 1. The highest BCUT2D eigenvalue weighted by atomic mass is 32.2. The lowest BCUT2D eigenvalue weighted by atomic mass is 9.94. The Morgan fingerprint density at radius 2 is 1.89 bits per heavy atom. The first-order valence-corrected chi connectivity index (χ1v) is 10.6. The molecule has 0 saturated carbocycles. The SMILES string of the molecule is CC1CC(C)CN(S(=O)(=O)c2cccc(C(=O)NCc3ccccn3)c2)C1. The molecular formula is C20H25N3O3S. The largest absolute Gasteiger partial charge is 0.346 e. The van der Waals surface area contributed by atoms with E-state index < -0.39 is 10.0 Å². The normalized spacial score (nSPS) is 21.0. The Morgan fingerprint density at radius 1 is 1.15 bits per heavy atom. The molecule has 1 fully saturated rings. The minimum Gasteiger partial charge on any atom is -0.346 e. The minimum absolute atomic E-state index is 0.161. The molecule has 7 heteroatoms. The molecule has 1 N–H and O–H groups in total. The molecule has 144 valence electrons. The summed E-state index contributed by atoms with van der Waals surface area (Å²) in [6.07, 6.45) is 2.69. The third-order valence-corrected chi connectivity index (χ3v) is 6.55. The maximum absolute atomic E-state index is 13.0. The van der Waals surface area contributed by atoms with E-state index in [2.05, 4.69) is 24.1 Å².